The van der Waals surface area contributed by atoms with Gasteiger partial charge in [0.15, 0.2) is 0 Å². The van der Waals surface area contributed by atoms with Gasteiger partial charge >= 0.3 is 0 Å². The number of anilines is 1. The zero-order chi connectivity index (χ0) is 15.0. The van der Waals surface area contributed by atoms with Crippen molar-refractivity contribution in [2.45, 2.75) is 45.6 Å². The van der Waals surface area contributed by atoms with Gasteiger partial charge in [-0.3, -0.25) is 9.59 Å². The number of nitrogens with one attached hydrogen (secondary N) is 1. The molecule has 2 aliphatic rings. The Morgan fingerprint density at radius 3 is 2.90 bits per heavy atom. The molecule has 0 bridgehead atoms. The van der Waals surface area contributed by atoms with Crippen LogP contribution in [0.5, 0.6) is 0 Å². The van der Waals surface area contributed by atoms with E-state index in [0.717, 1.165) is 17.8 Å². The van der Waals surface area contributed by atoms with E-state index in [-0.39, 0.29) is 18.4 Å². The number of nitrogens with zero attached hydrogens (tertiary/aromatic N) is 3. The number of carbonyl (C=O) groups excluding carboxylic acids is 2. The average molecular weight is 290 g/mol. The smallest absolute Gasteiger partial charge is 0.245 e. The summed E-state index contributed by atoms with van der Waals surface area (Å²) in [6.07, 6.45) is 5.66. The third-order valence-corrected chi connectivity index (χ3v) is 4.43. The molecule has 0 spiro atoms. The van der Waals surface area contributed by atoms with Gasteiger partial charge in [-0.2, -0.15) is 5.10 Å². The lowest BCUT2D eigenvalue weighted by molar-refractivity contribution is -0.131. The Morgan fingerprint density at radius 1 is 1.52 bits per heavy atom. The van der Waals surface area contributed by atoms with Gasteiger partial charge < -0.3 is 10.2 Å². The SMILES string of the molecule is Cc1cnn(C(C)C2CC2)c1NC(=O)CN1CCCC1=O. The maximum atomic E-state index is 12.2. The molecule has 0 aromatic carbocycles. The van der Waals surface area contributed by atoms with Crippen LogP contribution in [0, 0.1) is 12.8 Å². The van der Waals surface area contributed by atoms with Crippen molar-refractivity contribution in [1.82, 2.24) is 14.7 Å². The second-order valence-electron chi connectivity index (χ2n) is 6.17. The monoisotopic (exact) mass is 290 g/mol. The number of hydrogen-bond donors (Lipinski definition) is 1. The average Bonchev–Trinajstić information content (AvgIpc) is 3.14. The zero-order valence-electron chi connectivity index (χ0n) is 12.6. The Labute approximate surface area is 124 Å². The van der Waals surface area contributed by atoms with Crippen molar-refractivity contribution in [2.75, 3.05) is 18.4 Å². The molecular weight excluding hydrogens is 268 g/mol. The largest absolute Gasteiger partial charge is 0.333 e. The molecule has 1 aliphatic carbocycles. The zero-order valence-corrected chi connectivity index (χ0v) is 12.6. The van der Waals surface area contributed by atoms with Gasteiger partial charge in [0.05, 0.1) is 18.8 Å². The molecule has 6 heteroatoms. The molecular formula is C15H22N4O2. The second kappa shape index (κ2) is 5.50. The first-order valence-electron chi connectivity index (χ1n) is 7.68. The topological polar surface area (TPSA) is 67.2 Å². The lowest BCUT2D eigenvalue weighted by Crippen LogP contribution is -2.34. The third kappa shape index (κ3) is 2.94. The highest BCUT2D eigenvalue weighted by Gasteiger charge is 2.31. The number of rotatable bonds is 5. The van der Waals surface area contributed by atoms with Crippen LogP contribution in [0.1, 0.15) is 44.2 Å². The maximum Gasteiger partial charge on any atom is 0.245 e. The molecule has 2 amide bonds. The molecule has 1 saturated carbocycles. The number of carbonyl (C=O) groups is 2. The lowest BCUT2D eigenvalue weighted by Gasteiger charge is -2.18. The number of amides is 2. The van der Waals surface area contributed by atoms with E-state index in [9.17, 15) is 9.59 Å². The number of hydrogen-bond acceptors (Lipinski definition) is 3. The van der Waals surface area contributed by atoms with Crippen molar-refractivity contribution in [1.29, 1.82) is 0 Å². The fourth-order valence-corrected chi connectivity index (χ4v) is 2.91. The van der Waals surface area contributed by atoms with Crippen LogP contribution in [0.3, 0.4) is 0 Å². The van der Waals surface area contributed by atoms with E-state index < -0.39 is 0 Å². The summed E-state index contributed by atoms with van der Waals surface area (Å²) in [4.78, 5) is 25.4. The predicted octanol–water partition coefficient (Wildman–Crippen LogP) is 1.72. The van der Waals surface area contributed by atoms with Crippen LogP contribution >= 0.6 is 0 Å². The van der Waals surface area contributed by atoms with E-state index in [1.54, 1.807) is 11.1 Å². The van der Waals surface area contributed by atoms with Gasteiger partial charge in [-0.05, 0) is 39.0 Å². The molecule has 1 aliphatic heterocycles. The fourth-order valence-electron chi connectivity index (χ4n) is 2.91. The second-order valence-corrected chi connectivity index (χ2v) is 6.17. The van der Waals surface area contributed by atoms with E-state index in [4.69, 9.17) is 0 Å². The summed E-state index contributed by atoms with van der Waals surface area (Å²) in [5.41, 5.74) is 0.962. The summed E-state index contributed by atoms with van der Waals surface area (Å²) >= 11 is 0. The van der Waals surface area contributed by atoms with Crippen LogP contribution in [0.4, 0.5) is 5.82 Å². The molecule has 3 rings (SSSR count). The lowest BCUT2D eigenvalue weighted by atomic mass is 10.2. The molecule has 0 radical (unpaired) electrons. The van der Waals surface area contributed by atoms with E-state index in [1.807, 2.05) is 11.6 Å². The Balaban J connectivity index is 1.67. The highest BCUT2D eigenvalue weighted by molar-refractivity contribution is 5.94. The van der Waals surface area contributed by atoms with E-state index in [1.165, 1.54) is 12.8 Å². The third-order valence-electron chi connectivity index (χ3n) is 4.43. The molecule has 1 unspecified atom stereocenters. The van der Waals surface area contributed by atoms with Crippen molar-refractivity contribution < 1.29 is 9.59 Å². The van der Waals surface area contributed by atoms with Crippen LogP contribution in [0.25, 0.3) is 0 Å². The van der Waals surface area contributed by atoms with Gasteiger partial charge in [0.2, 0.25) is 11.8 Å². The van der Waals surface area contributed by atoms with Gasteiger partial charge in [0.25, 0.3) is 0 Å². The van der Waals surface area contributed by atoms with Crippen molar-refractivity contribution in [3.05, 3.63) is 11.8 Å². The van der Waals surface area contributed by atoms with E-state index in [2.05, 4.69) is 17.3 Å². The standard InChI is InChI=1S/C15H22N4O2/c1-10-8-16-19(11(2)12-5-6-12)15(10)17-13(20)9-18-7-3-4-14(18)21/h8,11-12H,3-7,9H2,1-2H3,(H,17,20). The van der Waals surface area contributed by atoms with Gasteiger partial charge in [-0.1, -0.05) is 0 Å². The maximum absolute atomic E-state index is 12.2. The quantitative estimate of drug-likeness (QED) is 0.898. The minimum Gasteiger partial charge on any atom is -0.333 e. The van der Waals surface area contributed by atoms with Crippen molar-refractivity contribution in [3.63, 3.8) is 0 Å². The van der Waals surface area contributed by atoms with Gasteiger partial charge in [0.1, 0.15) is 5.82 Å². The molecule has 6 nitrogen and oxygen atoms in total. The Hall–Kier alpha value is -1.85. The molecule has 1 atom stereocenters. The minimum atomic E-state index is -0.141. The van der Waals surface area contributed by atoms with Crippen molar-refractivity contribution in [3.8, 4) is 0 Å². The highest BCUT2D eigenvalue weighted by Crippen LogP contribution is 2.40. The highest BCUT2D eigenvalue weighted by atomic mass is 16.2. The van der Waals surface area contributed by atoms with Crippen LogP contribution in [-0.2, 0) is 9.59 Å². The predicted molar refractivity (Wildman–Crippen MR) is 78.8 cm³/mol. The van der Waals surface area contributed by atoms with Gasteiger partial charge in [-0.25, -0.2) is 4.68 Å². The van der Waals surface area contributed by atoms with Gasteiger partial charge in [-0.15, -0.1) is 0 Å². The van der Waals surface area contributed by atoms with E-state index in [0.29, 0.717) is 24.9 Å². The van der Waals surface area contributed by atoms with Crippen LogP contribution in [-0.4, -0.2) is 39.6 Å². The normalized spacial score (nSPS) is 19.9. The Kier molecular flexibility index (Phi) is 3.69. The molecule has 2 fully saturated rings. The summed E-state index contributed by atoms with van der Waals surface area (Å²) in [6, 6.07) is 0.308. The molecule has 1 saturated heterocycles. The Morgan fingerprint density at radius 2 is 2.29 bits per heavy atom. The molecule has 1 aromatic heterocycles. The summed E-state index contributed by atoms with van der Waals surface area (Å²) in [5.74, 6) is 1.37. The summed E-state index contributed by atoms with van der Waals surface area (Å²) in [5, 5.41) is 7.34. The molecule has 114 valence electrons. The number of aromatic nitrogens is 2. The summed E-state index contributed by atoms with van der Waals surface area (Å²) < 4.78 is 1.91. The first-order valence-corrected chi connectivity index (χ1v) is 7.68. The Bertz CT molecular complexity index is 562. The van der Waals surface area contributed by atoms with Crippen molar-refractivity contribution >= 4 is 17.6 Å². The summed E-state index contributed by atoms with van der Waals surface area (Å²) in [6.45, 7) is 4.91. The first-order chi connectivity index (χ1) is 10.1. The van der Waals surface area contributed by atoms with E-state index >= 15 is 0 Å². The van der Waals surface area contributed by atoms with Crippen LogP contribution < -0.4 is 5.32 Å². The summed E-state index contributed by atoms with van der Waals surface area (Å²) in [7, 11) is 0. The first kappa shape index (κ1) is 14.1. The molecule has 2 heterocycles. The van der Waals surface area contributed by atoms with Crippen LogP contribution in [0.15, 0.2) is 6.20 Å². The van der Waals surface area contributed by atoms with Gasteiger partial charge in [0, 0.05) is 18.5 Å². The number of likely N-dealkylation sites (tertiary alicyclic amines) is 1. The van der Waals surface area contributed by atoms with Crippen molar-refractivity contribution in [2.24, 2.45) is 5.92 Å². The number of aryl methyl sites for hydroxylation is 1. The molecule has 21 heavy (non-hydrogen) atoms. The van der Waals surface area contributed by atoms with Crippen LogP contribution in [0.2, 0.25) is 0 Å². The molecule has 1 aromatic rings. The minimum absolute atomic E-state index is 0.0710. The molecule has 1 N–H and O–H groups in total. The fraction of sp³-hybridized carbons (Fsp3) is 0.667.